The van der Waals surface area contributed by atoms with Crippen LogP contribution in [0.1, 0.15) is 119 Å². The quantitative estimate of drug-likeness (QED) is 0.357. The summed E-state index contributed by atoms with van der Waals surface area (Å²) in [6.07, 6.45) is 10.5. The summed E-state index contributed by atoms with van der Waals surface area (Å²) in [4.78, 5) is 27.5. The van der Waals surface area contributed by atoms with Gasteiger partial charge < -0.3 is 9.26 Å². The number of hydrazine groups is 1. The molecule has 0 unspecified atom stereocenters. The van der Waals surface area contributed by atoms with Gasteiger partial charge in [0.15, 0.2) is 5.78 Å². The average Bonchev–Trinajstić information content (AvgIpc) is 3.35. The monoisotopic (exact) mass is 579 g/mol. The maximum atomic E-state index is 14.7. The molecule has 232 valence electrons. The van der Waals surface area contributed by atoms with Crippen molar-refractivity contribution in [2.45, 2.75) is 131 Å². The number of allylic oxidation sites excluding steroid dienone is 2. The minimum absolute atomic E-state index is 0.0905. The summed E-state index contributed by atoms with van der Waals surface area (Å²) >= 11 is 0. The lowest BCUT2D eigenvalue weighted by atomic mass is 9.34. The molecule has 1 amide bonds. The minimum atomic E-state index is -0.576. The van der Waals surface area contributed by atoms with Crippen LogP contribution in [0, 0.1) is 45.8 Å². The van der Waals surface area contributed by atoms with Gasteiger partial charge in [0, 0.05) is 22.4 Å². The van der Waals surface area contributed by atoms with E-state index >= 15 is 0 Å². The first kappa shape index (κ1) is 29.9. The number of fused-ring (bicyclic) bond motifs is 8. The second kappa shape index (κ2) is 9.18. The molecule has 0 aliphatic heterocycles. The minimum Gasteiger partial charge on any atom is -0.443 e. The number of ketones is 1. The fourth-order valence-corrected chi connectivity index (χ4v) is 11.2. The molecule has 3 saturated carbocycles. The molecule has 0 saturated heterocycles. The average molecular weight is 580 g/mol. The third-order valence-corrected chi connectivity index (χ3v) is 13.5. The van der Waals surface area contributed by atoms with Crippen LogP contribution in [0.25, 0.3) is 0 Å². The van der Waals surface area contributed by atoms with Crippen LogP contribution in [-0.2, 0) is 21.4 Å². The predicted molar refractivity (Wildman–Crippen MR) is 162 cm³/mol. The molecule has 1 aromatic heterocycles. The van der Waals surface area contributed by atoms with Crippen molar-refractivity contribution in [3.8, 4) is 0 Å². The lowest BCUT2D eigenvalue weighted by Crippen LogP contribution is -2.72. The Labute approximate surface area is 252 Å². The SMILES string of the molecule is C[C@@H]1[C@H]2[C@H]3C(=O)C=C4[C@@]5(C)Cc6cnoc6C(C)(C)[C@@H]5CC[C@@]4(C)[C@]3(C)CC[C@@]2(NNC(=O)OC(C)(C)C)CC[C@H]1C. The molecule has 2 N–H and O–H groups in total. The fourth-order valence-electron chi connectivity index (χ4n) is 11.2. The second-order valence-corrected chi connectivity index (χ2v) is 17.1. The Kier molecular flexibility index (Phi) is 6.54. The summed E-state index contributed by atoms with van der Waals surface area (Å²) in [5, 5.41) is 4.21. The Morgan fingerprint density at radius 1 is 1.05 bits per heavy atom. The molecule has 42 heavy (non-hydrogen) atoms. The first-order chi connectivity index (χ1) is 19.4. The molecule has 0 aromatic carbocycles. The predicted octanol–water partition coefficient (Wildman–Crippen LogP) is 7.31. The smallest absolute Gasteiger partial charge is 0.422 e. The van der Waals surface area contributed by atoms with Gasteiger partial charge in [0.25, 0.3) is 0 Å². The molecule has 0 spiro atoms. The molecular formula is C35H53N3O4. The van der Waals surface area contributed by atoms with E-state index in [1.807, 2.05) is 27.0 Å². The van der Waals surface area contributed by atoms with E-state index in [-0.39, 0.29) is 44.8 Å². The molecule has 9 atom stereocenters. The molecule has 7 nitrogen and oxygen atoms in total. The van der Waals surface area contributed by atoms with Crippen LogP contribution in [0.15, 0.2) is 22.4 Å². The highest BCUT2D eigenvalue weighted by atomic mass is 16.6. The van der Waals surface area contributed by atoms with E-state index in [2.05, 4.69) is 70.6 Å². The highest BCUT2D eigenvalue weighted by Crippen LogP contribution is 2.73. The Morgan fingerprint density at radius 3 is 2.45 bits per heavy atom. The zero-order valence-corrected chi connectivity index (χ0v) is 27.6. The van der Waals surface area contributed by atoms with E-state index in [4.69, 9.17) is 9.26 Å². The molecule has 3 fully saturated rings. The van der Waals surface area contributed by atoms with Crippen LogP contribution < -0.4 is 10.9 Å². The molecule has 5 aliphatic carbocycles. The van der Waals surface area contributed by atoms with Crippen molar-refractivity contribution in [1.29, 1.82) is 0 Å². The van der Waals surface area contributed by atoms with E-state index in [0.29, 0.717) is 17.8 Å². The topological polar surface area (TPSA) is 93.5 Å². The summed E-state index contributed by atoms with van der Waals surface area (Å²) in [5.74, 6) is 2.57. The second-order valence-electron chi connectivity index (χ2n) is 17.1. The molecule has 6 rings (SSSR count). The van der Waals surface area contributed by atoms with E-state index in [0.717, 1.165) is 50.7 Å². The van der Waals surface area contributed by atoms with Gasteiger partial charge in [-0.05, 0) is 112 Å². The third-order valence-electron chi connectivity index (χ3n) is 13.5. The van der Waals surface area contributed by atoms with Crippen LogP contribution >= 0.6 is 0 Å². The highest BCUT2D eigenvalue weighted by molar-refractivity contribution is 5.95. The highest BCUT2D eigenvalue weighted by Gasteiger charge is 2.70. The van der Waals surface area contributed by atoms with E-state index in [1.165, 1.54) is 11.1 Å². The van der Waals surface area contributed by atoms with Crippen molar-refractivity contribution < 1.29 is 18.8 Å². The summed E-state index contributed by atoms with van der Waals surface area (Å²) in [7, 11) is 0. The maximum Gasteiger partial charge on any atom is 0.422 e. The zero-order chi connectivity index (χ0) is 30.7. The van der Waals surface area contributed by atoms with Crippen LogP contribution in [-0.4, -0.2) is 28.2 Å². The molecule has 1 heterocycles. The number of carbonyl (C=O) groups is 2. The van der Waals surface area contributed by atoms with Crippen molar-refractivity contribution in [3.05, 3.63) is 29.2 Å². The van der Waals surface area contributed by atoms with E-state index in [1.54, 1.807) is 0 Å². The maximum absolute atomic E-state index is 14.7. The Balaban J connectivity index is 1.41. The first-order valence-corrected chi connectivity index (χ1v) is 16.4. The standard InChI is InChI=1S/C35H53N3O4/c1-20-11-14-35(38-37-29(40)41-30(3,4)5)16-15-34(10)27(26(35)21(20)2)23(39)17-25-32(8)18-22-19-36-42-28(22)31(6,7)24(32)12-13-33(25,34)9/h17,19-21,24,26-27,38H,11-16,18H2,1-10H3,(H,37,40)/t20-,21+,24+,26+,27-,32+,33-,34-,35+/m1/s1. The van der Waals surface area contributed by atoms with Gasteiger partial charge in [-0.2, -0.15) is 0 Å². The summed E-state index contributed by atoms with van der Waals surface area (Å²) in [5.41, 5.74) is 7.55. The number of hydrogen-bond acceptors (Lipinski definition) is 6. The third kappa shape index (κ3) is 3.97. The van der Waals surface area contributed by atoms with Gasteiger partial charge in [0.05, 0.1) is 6.20 Å². The number of amides is 1. The van der Waals surface area contributed by atoms with Crippen LogP contribution in [0.2, 0.25) is 0 Å². The van der Waals surface area contributed by atoms with Crippen molar-refractivity contribution in [2.24, 2.45) is 45.8 Å². The summed E-state index contributed by atoms with van der Waals surface area (Å²) in [6.45, 7) is 22.3. The molecule has 0 radical (unpaired) electrons. The number of nitrogens with zero attached hydrogens (tertiary/aromatic N) is 1. The largest absolute Gasteiger partial charge is 0.443 e. The van der Waals surface area contributed by atoms with Gasteiger partial charge in [-0.15, -0.1) is 0 Å². The van der Waals surface area contributed by atoms with Crippen molar-refractivity contribution in [3.63, 3.8) is 0 Å². The normalized spacial score (nSPS) is 44.0. The molecular weight excluding hydrogens is 526 g/mol. The van der Waals surface area contributed by atoms with Gasteiger partial charge >= 0.3 is 6.09 Å². The van der Waals surface area contributed by atoms with Gasteiger partial charge in [0.2, 0.25) is 0 Å². The lowest BCUT2D eigenvalue weighted by molar-refractivity contribution is -0.167. The zero-order valence-electron chi connectivity index (χ0n) is 27.6. The Hall–Kier alpha value is -2.15. The fraction of sp³-hybridized carbons (Fsp3) is 0.800. The molecule has 0 bridgehead atoms. The van der Waals surface area contributed by atoms with Gasteiger partial charge in [-0.25, -0.2) is 10.2 Å². The van der Waals surface area contributed by atoms with E-state index < -0.39 is 11.7 Å². The number of hydrogen-bond donors (Lipinski definition) is 2. The number of aromatic nitrogens is 1. The molecule has 7 heteroatoms. The van der Waals surface area contributed by atoms with Crippen LogP contribution in [0.3, 0.4) is 0 Å². The number of nitrogens with one attached hydrogen (secondary N) is 2. The number of carbonyl (C=O) groups excluding carboxylic acids is 2. The first-order valence-electron chi connectivity index (χ1n) is 16.4. The van der Waals surface area contributed by atoms with Gasteiger partial charge in [0.1, 0.15) is 11.4 Å². The molecule has 1 aromatic rings. The van der Waals surface area contributed by atoms with Crippen LogP contribution in [0.4, 0.5) is 4.79 Å². The Bertz CT molecular complexity index is 1320. The van der Waals surface area contributed by atoms with Crippen molar-refractivity contribution in [1.82, 2.24) is 16.0 Å². The number of ether oxygens (including phenoxy) is 1. The van der Waals surface area contributed by atoms with E-state index in [9.17, 15) is 9.59 Å². The lowest BCUT2D eigenvalue weighted by Gasteiger charge is -2.70. The Morgan fingerprint density at radius 2 is 1.76 bits per heavy atom. The molecule has 5 aliphatic rings. The summed E-state index contributed by atoms with van der Waals surface area (Å²) in [6, 6.07) is 0. The summed E-state index contributed by atoms with van der Waals surface area (Å²) < 4.78 is 11.4. The van der Waals surface area contributed by atoms with Crippen molar-refractivity contribution >= 4 is 11.9 Å². The number of rotatable bonds is 2. The van der Waals surface area contributed by atoms with Crippen LogP contribution in [0.5, 0.6) is 0 Å². The van der Waals surface area contributed by atoms with Crippen molar-refractivity contribution in [2.75, 3.05) is 0 Å². The van der Waals surface area contributed by atoms with Gasteiger partial charge in [-0.3, -0.25) is 10.2 Å². The van der Waals surface area contributed by atoms with Gasteiger partial charge in [-0.1, -0.05) is 59.2 Å².